The molecular formula is C21H21NO2. The molecule has 122 valence electrons. The Hall–Kier alpha value is -2.94. The number of imide groups is 1. The molecule has 3 nitrogen and oxygen atoms in total. The molecule has 0 saturated heterocycles. The fourth-order valence-corrected chi connectivity index (χ4v) is 2.31. The molecule has 0 aliphatic carbocycles. The van der Waals surface area contributed by atoms with Crippen molar-refractivity contribution in [2.45, 2.75) is 20.8 Å². The number of carbonyl (C=O) groups is 2. The quantitative estimate of drug-likeness (QED) is 0.766. The zero-order chi connectivity index (χ0) is 17.5. The average Bonchev–Trinajstić information content (AvgIpc) is 2.60. The van der Waals surface area contributed by atoms with Crippen molar-refractivity contribution in [1.82, 2.24) is 0 Å². The van der Waals surface area contributed by atoms with Crippen molar-refractivity contribution in [2.24, 2.45) is 0 Å². The summed E-state index contributed by atoms with van der Waals surface area (Å²) in [6, 6.07) is 16.9. The van der Waals surface area contributed by atoms with Gasteiger partial charge in [0.15, 0.2) is 0 Å². The Labute approximate surface area is 142 Å². The molecule has 3 heteroatoms. The lowest BCUT2D eigenvalue weighted by Crippen LogP contribution is -2.33. The smallest absolute Gasteiger partial charge is 0.257 e. The van der Waals surface area contributed by atoms with Crippen LogP contribution in [0.1, 0.15) is 31.9 Å². The zero-order valence-electron chi connectivity index (χ0n) is 14.2. The van der Waals surface area contributed by atoms with Crippen LogP contribution in [0.25, 0.3) is 11.6 Å². The Bertz CT molecular complexity index is 771. The monoisotopic (exact) mass is 319 g/mol. The first-order valence-corrected chi connectivity index (χ1v) is 7.84. The number of rotatable bonds is 4. The van der Waals surface area contributed by atoms with Gasteiger partial charge in [-0.3, -0.25) is 9.59 Å². The number of hydrogen-bond donors (Lipinski definition) is 0. The highest BCUT2D eigenvalue weighted by Crippen LogP contribution is 2.20. The summed E-state index contributed by atoms with van der Waals surface area (Å²) in [6.07, 6.45) is 5.14. The van der Waals surface area contributed by atoms with E-state index in [1.165, 1.54) is 17.9 Å². The van der Waals surface area contributed by atoms with Gasteiger partial charge in [-0.15, -0.1) is 0 Å². The van der Waals surface area contributed by atoms with E-state index in [4.69, 9.17) is 0 Å². The summed E-state index contributed by atoms with van der Waals surface area (Å²) >= 11 is 0. The van der Waals surface area contributed by atoms with Crippen molar-refractivity contribution >= 4 is 29.2 Å². The molecule has 2 aromatic rings. The van der Waals surface area contributed by atoms with E-state index < -0.39 is 0 Å². The second-order valence-corrected chi connectivity index (χ2v) is 5.46. The van der Waals surface area contributed by atoms with Crippen molar-refractivity contribution in [1.29, 1.82) is 0 Å². The standard InChI is InChI=1S/C21H21NO2/c1-4-16(2)19-11-13-20(14-12-19)22(17(3)23)21(24)15-10-18-8-6-5-7-9-18/h4-15H,1-3H3. The minimum absolute atomic E-state index is 0.312. The number of anilines is 1. The molecule has 0 aromatic heterocycles. The number of carbonyl (C=O) groups excluding carboxylic acids is 2. The third-order valence-electron chi connectivity index (χ3n) is 3.77. The van der Waals surface area contributed by atoms with Crippen molar-refractivity contribution < 1.29 is 9.59 Å². The number of allylic oxidation sites excluding steroid dienone is 2. The molecule has 0 fully saturated rings. The van der Waals surface area contributed by atoms with Crippen LogP contribution in [0, 0.1) is 0 Å². The summed E-state index contributed by atoms with van der Waals surface area (Å²) in [7, 11) is 0. The summed E-state index contributed by atoms with van der Waals surface area (Å²) in [5, 5.41) is 0. The maximum Gasteiger partial charge on any atom is 0.257 e. The van der Waals surface area contributed by atoms with E-state index in [1.54, 1.807) is 18.2 Å². The predicted molar refractivity (Wildman–Crippen MR) is 99.4 cm³/mol. The second-order valence-electron chi connectivity index (χ2n) is 5.46. The van der Waals surface area contributed by atoms with Gasteiger partial charge in [0, 0.05) is 13.0 Å². The fourth-order valence-electron chi connectivity index (χ4n) is 2.31. The highest BCUT2D eigenvalue weighted by atomic mass is 16.2. The van der Waals surface area contributed by atoms with Gasteiger partial charge in [0.05, 0.1) is 5.69 Å². The zero-order valence-corrected chi connectivity index (χ0v) is 14.2. The molecule has 0 aliphatic rings. The maximum absolute atomic E-state index is 12.4. The summed E-state index contributed by atoms with van der Waals surface area (Å²) < 4.78 is 0. The lowest BCUT2D eigenvalue weighted by atomic mass is 10.1. The highest BCUT2D eigenvalue weighted by Gasteiger charge is 2.17. The first-order valence-electron chi connectivity index (χ1n) is 7.84. The Kier molecular flexibility index (Phi) is 5.85. The Morgan fingerprint density at radius 1 is 0.917 bits per heavy atom. The number of amides is 2. The molecule has 0 N–H and O–H groups in total. The minimum Gasteiger partial charge on any atom is -0.274 e. The van der Waals surface area contributed by atoms with Crippen LogP contribution < -0.4 is 4.90 Å². The molecule has 0 unspecified atom stereocenters. The van der Waals surface area contributed by atoms with E-state index in [2.05, 4.69) is 0 Å². The van der Waals surface area contributed by atoms with Crippen LogP contribution >= 0.6 is 0 Å². The van der Waals surface area contributed by atoms with Crippen LogP contribution in [0.2, 0.25) is 0 Å². The topological polar surface area (TPSA) is 37.4 Å². The van der Waals surface area contributed by atoms with E-state index in [0.29, 0.717) is 5.69 Å². The first kappa shape index (κ1) is 17.4. The summed E-state index contributed by atoms with van der Waals surface area (Å²) in [6.45, 7) is 5.38. The van der Waals surface area contributed by atoms with Crippen molar-refractivity contribution in [3.05, 3.63) is 77.9 Å². The van der Waals surface area contributed by atoms with Gasteiger partial charge in [-0.2, -0.15) is 0 Å². The van der Waals surface area contributed by atoms with Crippen molar-refractivity contribution in [2.75, 3.05) is 4.90 Å². The van der Waals surface area contributed by atoms with Gasteiger partial charge < -0.3 is 0 Å². The SMILES string of the molecule is CC=C(C)c1ccc(N(C(C)=O)C(=O)C=Cc2ccccc2)cc1. The lowest BCUT2D eigenvalue weighted by Gasteiger charge is -2.18. The normalized spacial score (nSPS) is 11.5. The Morgan fingerprint density at radius 2 is 1.54 bits per heavy atom. The summed E-state index contributed by atoms with van der Waals surface area (Å²) in [4.78, 5) is 25.5. The molecule has 2 rings (SSSR count). The first-order chi connectivity index (χ1) is 11.5. The minimum atomic E-state index is -0.359. The molecular weight excluding hydrogens is 298 g/mol. The molecule has 0 bridgehead atoms. The fraction of sp³-hybridized carbons (Fsp3) is 0.143. The van der Waals surface area contributed by atoms with Crippen molar-refractivity contribution in [3.63, 3.8) is 0 Å². The van der Waals surface area contributed by atoms with Gasteiger partial charge in [0.2, 0.25) is 5.91 Å². The van der Waals surface area contributed by atoms with Gasteiger partial charge in [0.25, 0.3) is 5.91 Å². The van der Waals surface area contributed by atoms with E-state index in [9.17, 15) is 9.59 Å². The Balaban J connectivity index is 2.24. The lowest BCUT2D eigenvalue weighted by molar-refractivity contribution is -0.122. The van der Waals surface area contributed by atoms with E-state index in [-0.39, 0.29) is 11.8 Å². The summed E-state index contributed by atoms with van der Waals surface area (Å²) in [5.41, 5.74) is 3.69. The average molecular weight is 319 g/mol. The van der Waals surface area contributed by atoms with Gasteiger partial charge in [-0.1, -0.05) is 48.5 Å². The van der Waals surface area contributed by atoms with E-state index >= 15 is 0 Å². The van der Waals surface area contributed by atoms with Gasteiger partial charge in [-0.25, -0.2) is 4.90 Å². The molecule has 2 aromatic carbocycles. The third kappa shape index (κ3) is 4.29. The molecule has 24 heavy (non-hydrogen) atoms. The van der Waals surface area contributed by atoms with Crippen molar-refractivity contribution in [3.8, 4) is 0 Å². The van der Waals surface area contributed by atoms with Gasteiger partial charge in [-0.05, 0) is 48.8 Å². The van der Waals surface area contributed by atoms with Crippen LogP contribution in [0.5, 0.6) is 0 Å². The molecule has 0 radical (unpaired) electrons. The van der Waals surface area contributed by atoms with Crippen LogP contribution in [0.15, 0.2) is 66.7 Å². The number of nitrogens with zero attached hydrogens (tertiary/aromatic N) is 1. The molecule has 0 aliphatic heterocycles. The molecule has 2 amide bonds. The molecule has 0 spiro atoms. The van der Waals surface area contributed by atoms with Crippen LogP contribution in [0.4, 0.5) is 5.69 Å². The Morgan fingerprint density at radius 3 is 2.08 bits per heavy atom. The predicted octanol–water partition coefficient (Wildman–Crippen LogP) is 4.70. The number of hydrogen-bond acceptors (Lipinski definition) is 2. The van der Waals surface area contributed by atoms with Crippen LogP contribution in [-0.2, 0) is 9.59 Å². The van der Waals surface area contributed by atoms with E-state index in [1.807, 2.05) is 62.4 Å². The van der Waals surface area contributed by atoms with Crippen LogP contribution in [0.3, 0.4) is 0 Å². The largest absolute Gasteiger partial charge is 0.274 e. The summed E-state index contributed by atoms with van der Waals surface area (Å²) in [5.74, 6) is -0.671. The molecule has 0 saturated carbocycles. The highest BCUT2D eigenvalue weighted by molar-refractivity contribution is 6.19. The van der Waals surface area contributed by atoms with Gasteiger partial charge >= 0.3 is 0 Å². The third-order valence-corrected chi connectivity index (χ3v) is 3.77. The van der Waals surface area contributed by atoms with Crippen LogP contribution in [-0.4, -0.2) is 11.8 Å². The maximum atomic E-state index is 12.4. The molecule has 0 atom stereocenters. The number of benzene rings is 2. The van der Waals surface area contributed by atoms with E-state index in [0.717, 1.165) is 16.7 Å². The second kappa shape index (κ2) is 8.06. The molecule has 0 heterocycles. The van der Waals surface area contributed by atoms with Gasteiger partial charge in [0.1, 0.15) is 0 Å².